The van der Waals surface area contributed by atoms with Gasteiger partial charge in [0.05, 0.1) is 12.0 Å². The van der Waals surface area contributed by atoms with Crippen LogP contribution in [0.25, 0.3) is 0 Å². The zero-order valence-corrected chi connectivity index (χ0v) is 5.62. The van der Waals surface area contributed by atoms with Gasteiger partial charge in [-0.25, -0.2) is 0 Å². The molecule has 10 heavy (non-hydrogen) atoms. The van der Waals surface area contributed by atoms with Gasteiger partial charge >= 0.3 is 5.97 Å². The van der Waals surface area contributed by atoms with E-state index in [1.807, 2.05) is 0 Å². The van der Waals surface area contributed by atoms with Gasteiger partial charge in [0.2, 0.25) is 0 Å². The maximum Gasteiger partial charge on any atom is 0.309 e. The van der Waals surface area contributed by atoms with Gasteiger partial charge in [-0.1, -0.05) is 0 Å². The zero-order valence-electron chi connectivity index (χ0n) is 5.62. The molecule has 58 valence electrons. The number of aliphatic carboxylic acids is 1. The minimum Gasteiger partial charge on any atom is -0.481 e. The summed E-state index contributed by atoms with van der Waals surface area (Å²) < 4.78 is 5.07. The molecule has 1 rings (SSSR count). The minimum absolute atomic E-state index is 0.266. The van der Waals surface area contributed by atoms with Gasteiger partial charge in [0.15, 0.2) is 0 Å². The number of rotatable bonds is 2. The molecule has 0 aromatic carbocycles. The van der Waals surface area contributed by atoms with Crippen LogP contribution in [0, 0.1) is 5.92 Å². The number of hydrogen-bond acceptors (Lipinski definition) is 3. The second kappa shape index (κ2) is 2.98. The first kappa shape index (κ1) is 7.50. The van der Waals surface area contributed by atoms with E-state index in [1.165, 1.54) is 0 Å². The largest absolute Gasteiger partial charge is 0.481 e. The third kappa shape index (κ3) is 1.27. The summed E-state index contributed by atoms with van der Waals surface area (Å²) in [6, 6.07) is 0. The Labute approximate surface area is 59.0 Å². The van der Waals surface area contributed by atoms with Crippen molar-refractivity contribution in [2.24, 2.45) is 11.7 Å². The molecule has 3 N–H and O–H groups in total. The lowest BCUT2D eigenvalue weighted by Gasteiger charge is -2.10. The third-order valence-corrected chi connectivity index (χ3v) is 1.76. The van der Waals surface area contributed by atoms with Gasteiger partial charge in [-0.2, -0.15) is 0 Å². The fourth-order valence-corrected chi connectivity index (χ4v) is 1.16. The van der Waals surface area contributed by atoms with Crippen molar-refractivity contribution in [3.05, 3.63) is 0 Å². The van der Waals surface area contributed by atoms with Crippen molar-refractivity contribution >= 4 is 5.97 Å². The smallest absolute Gasteiger partial charge is 0.309 e. The van der Waals surface area contributed by atoms with Crippen LogP contribution >= 0.6 is 0 Å². The highest BCUT2D eigenvalue weighted by molar-refractivity contribution is 5.71. The first-order chi connectivity index (χ1) is 4.75. The summed E-state index contributed by atoms with van der Waals surface area (Å²) in [5.41, 5.74) is 5.27. The van der Waals surface area contributed by atoms with Crippen LogP contribution in [0.15, 0.2) is 0 Å². The van der Waals surface area contributed by atoms with Crippen LogP contribution in [-0.4, -0.2) is 30.3 Å². The second-order valence-electron chi connectivity index (χ2n) is 2.38. The molecule has 1 saturated heterocycles. The summed E-state index contributed by atoms with van der Waals surface area (Å²) in [7, 11) is 0. The standard InChI is InChI=1S/C6H11NO3/c7-3-5-4(6(8)9)1-2-10-5/h4-5H,1-3,7H2,(H,8,9)/t4-,5-/m1/s1. The van der Waals surface area contributed by atoms with Crippen LogP contribution in [-0.2, 0) is 9.53 Å². The molecular formula is C6H11NO3. The molecule has 1 aliphatic rings. The number of nitrogens with two attached hydrogens (primary N) is 1. The Bertz CT molecular complexity index is 137. The van der Waals surface area contributed by atoms with Crippen molar-refractivity contribution in [1.29, 1.82) is 0 Å². The molecule has 0 aromatic heterocycles. The van der Waals surface area contributed by atoms with Crippen LogP contribution in [0.1, 0.15) is 6.42 Å². The lowest BCUT2D eigenvalue weighted by molar-refractivity contribution is -0.143. The maximum atomic E-state index is 10.4. The predicted octanol–water partition coefficient (Wildman–Crippen LogP) is -0.565. The van der Waals surface area contributed by atoms with Crippen molar-refractivity contribution in [2.75, 3.05) is 13.2 Å². The number of ether oxygens (including phenoxy) is 1. The Morgan fingerprint density at radius 1 is 1.80 bits per heavy atom. The summed E-state index contributed by atoms with van der Waals surface area (Å²) >= 11 is 0. The lowest BCUT2D eigenvalue weighted by atomic mass is 10.0. The van der Waals surface area contributed by atoms with Crippen LogP contribution in [0.4, 0.5) is 0 Å². The fraction of sp³-hybridized carbons (Fsp3) is 0.833. The van der Waals surface area contributed by atoms with Crippen molar-refractivity contribution in [1.82, 2.24) is 0 Å². The van der Waals surface area contributed by atoms with Crippen molar-refractivity contribution < 1.29 is 14.6 Å². The van der Waals surface area contributed by atoms with Crippen molar-refractivity contribution in [2.45, 2.75) is 12.5 Å². The van der Waals surface area contributed by atoms with Gasteiger partial charge in [0.1, 0.15) is 0 Å². The molecule has 0 aromatic rings. The minimum atomic E-state index is -0.798. The highest BCUT2D eigenvalue weighted by Gasteiger charge is 2.32. The Morgan fingerprint density at radius 2 is 2.50 bits per heavy atom. The van der Waals surface area contributed by atoms with Crippen LogP contribution in [0.5, 0.6) is 0 Å². The summed E-state index contributed by atoms with van der Waals surface area (Å²) in [4.78, 5) is 10.4. The summed E-state index contributed by atoms with van der Waals surface area (Å²) in [6.07, 6.45) is 0.328. The van der Waals surface area contributed by atoms with Gasteiger partial charge in [0, 0.05) is 13.2 Å². The average molecular weight is 145 g/mol. The fourth-order valence-electron chi connectivity index (χ4n) is 1.16. The molecule has 0 spiro atoms. The molecule has 4 nitrogen and oxygen atoms in total. The van der Waals surface area contributed by atoms with Crippen molar-refractivity contribution in [3.63, 3.8) is 0 Å². The van der Waals surface area contributed by atoms with Crippen LogP contribution in [0.2, 0.25) is 0 Å². The van der Waals surface area contributed by atoms with Gasteiger partial charge in [-0.05, 0) is 6.42 Å². The zero-order chi connectivity index (χ0) is 7.56. The van der Waals surface area contributed by atoms with E-state index in [4.69, 9.17) is 15.6 Å². The van der Waals surface area contributed by atoms with E-state index in [1.54, 1.807) is 0 Å². The molecule has 0 aliphatic carbocycles. The molecule has 1 aliphatic heterocycles. The first-order valence-electron chi connectivity index (χ1n) is 3.30. The van der Waals surface area contributed by atoms with Gasteiger partial charge in [-0.3, -0.25) is 4.79 Å². The van der Waals surface area contributed by atoms with E-state index in [-0.39, 0.29) is 12.0 Å². The number of carboxylic acids is 1. The SMILES string of the molecule is NC[C@H]1OCC[C@H]1C(=O)O. The Hall–Kier alpha value is -0.610. The second-order valence-corrected chi connectivity index (χ2v) is 2.38. The molecule has 0 unspecified atom stereocenters. The number of hydrogen-bond donors (Lipinski definition) is 2. The van der Waals surface area contributed by atoms with Gasteiger partial charge in [-0.15, -0.1) is 0 Å². The van der Waals surface area contributed by atoms with E-state index in [0.717, 1.165) is 0 Å². The molecule has 2 atom stereocenters. The lowest BCUT2D eigenvalue weighted by Crippen LogP contribution is -2.30. The first-order valence-corrected chi connectivity index (χ1v) is 3.30. The molecule has 0 amide bonds. The van der Waals surface area contributed by atoms with Crippen LogP contribution in [0.3, 0.4) is 0 Å². The van der Waals surface area contributed by atoms with E-state index in [9.17, 15) is 4.79 Å². The van der Waals surface area contributed by atoms with Gasteiger partial charge in [0.25, 0.3) is 0 Å². The number of carbonyl (C=O) groups is 1. The summed E-state index contributed by atoms with van der Waals surface area (Å²) in [6.45, 7) is 0.829. The number of carboxylic acid groups (broad SMARTS) is 1. The molecule has 4 heteroatoms. The molecular weight excluding hydrogens is 134 g/mol. The van der Waals surface area contributed by atoms with Crippen molar-refractivity contribution in [3.8, 4) is 0 Å². The predicted molar refractivity (Wildman–Crippen MR) is 34.5 cm³/mol. The molecule has 0 radical (unpaired) electrons. The Morgan fingerprint density at radius 3 is 2.90 bits per heavy atom. The molecule has 0 bridgehead atoms. The quantitative estimate of drug-likeness (QED) is 0.546. The Balaban J connectivity index is 2.50. The summed E-state index contributed by atoms with van der Waals surface area (Å²) in [5.74, 6) is -1.18. The molecule has 0 saturated carbocycles. The normalized spacial score (nSPS) is 32.5. The van der Waals surface area contributed by atoms with E-state index in [0.29, 0.717) is 19.6 Å². The van der Waals surface area contributed by atoms with E-state index in [2.05, 4.69) is 0 Å². The Kier molecular flexibility index (Phi) is 2.24. The van der Waals surface area contributed by atoms with Gasteiger partial charge < -0.3 is 15.6 Å². The highest BCUT2D eigenvalue weighted by atomic mass is 16.5. The van der Waals surface area contributed by atoms with Crippen LogP contribution < -0.4 is 5.73 Å². The molecule has 1 heterocycles. The third-order valence-electron chi connectivity index (χ3n) is 1.76. The summed E-state index contributed by atoms with van der Waals surface area (Å²) in [5, 5.41) is 8.58. The highest BCUT2D eigenvalue weighted by Crippen LogP contribution is 2.19. The maximum absolute atomic E-state index is 10.4. The van der Waals surface area contributed by atoms with E-state index < -0.39 is 5.97 Å². The topological polar surface area (TPSA) is 72.5 Å². The molecule has 1 fully saturated rings. The van der Waals surface area contributed by atoms with E-state index >= 15 is 0 Å². The monoisotopic (exact) mass is 145 g/mol. The average Bonchev–Trinajstić information content (AvgIpc) is 2.33.